The fourth-order valence-electron chi connectivity index (χ4n) is 4.18. The summed E-state index contributed by atoms with van der Waals surface area (Å²) in [5.74, 6) is 2.54. The van der Waals surface area contributed by atoms with Gasteiger partial charge in [0, 0.05) is 25.9 Å². The molecule has 0 fully saturated rings. The van der Waals surface area contributed by atoms with E-state index < -0.39 is 0 Å². The van der Waals surface area contributed by atoms with Gasteiger partial charge in [-0.05, 0) is 43.5 Å². The van der Waals surface area contributed by atoms with Crippen LogP contribution in [-0.2, 0) is 29.0 Å². The highest BCUT2D eigenvalue weighted by atomic mass is 16.5. The minimum Gasteiger partial charge on any atom is -0.491 e. The van der Waals surface area contributed by atoms with E-state index in [0.29, 0.717) is 45.9 Å². The van der Waals surface area contributed by atoms with Gasteiger partial charge < -0.3 is 14.4 Å². The van der Waals surface area contributed by atoms with Crippen LogP contribution in [0.2, 0.25) is 0 Å². The molecule has 3 aromatic rings. The van der Waals surface area contributed by atoms with Crippen molar-refractivity contribution in [3.05, 3.63) is 76.4 Å². The van der Waals surface area contributed by atoms with Gasteiger partial charge in [-0.1, -0.05) is 42.0 Å². The van der Waals surface area contributed by atoms with Crippen LogP contribution in [0, 0.1) is 20.8 Å². The Morgan fingerprint density at radius 2 is 1.88 bits per heavy atom. The SMILES string of the molecule is Cc1ccc2c(c1)Cc1cccc(c1)CN(C(=O)CCn1nc(C)nc1C)CCOCCO2. The Balaban J connectivity index is 1.51. The summed E-state index contributed by atoms with van der Waals surface area (Å²) in [4.78, 5) is 19.3. The second-order valence-electron chi connectivity index (χ2n) is 8.56. The van der Waals surface area contributed by atoms with Crippen molar-refractivity contribution >= 4 is 5.91 Å². The maximum atomic E-state index is 13.1. The zero-order valence-electron chi connectivity index (χ0n) is 19.7. The van der Waals surface area contributed by atoms with Crippen molar-refractivity contribution < 1.29 is 14.3 Å². The van der Waals surface area contributed by atoms with Crippen molar-refractivity contribution in [2.75, 3.05) is 26.4 Å². The van der Waals surface area contributed by atoms with E-state index >= 15 is 0 Å². The molecular weight excluding hydrogens is 416 g/mol. The number of hydrogen-bond acceptors (Lipinski definition) is 5. The number of carbonyl (C=O) groups excluding carboxylic acids is 1. The number of hydrogen-bond donors (Lipinski definition) is 0. The van der Waals surface area contributed by atoms with Crippen LogP contribution in [0.25, 0.3) is 0 Å². The van der Waals surface area contributed by atoms with E-state index in [1.807, 2.05) is 24.8 Å². The predicted octanol–water partition coefficient (Wildman–Crippen LogP) is 3.62. The number of aryl methyl sites for hydroxylation is 4. The first kappa shape index (κ1) is 23.0. The molecule has 7 nitrogen and oxygen atoms in total. The zero-order valence-corrected chi connectivity index (χ0v) is 19.7. The number of rotatable bonds is 3. The van der Waals surface area contributed by atoms with Gasteiger partial charge in [0.1, 0.15) is 24.0 Å². The largest absolute Gasteiger partial charge is 0.491 e. The van der Waals surface area contributed by atoms with Gasteiger partial charge in [-0.3, -0.25) is 4.79 Å². The molecule has 1 aliphatic rings. The maximum absolute atomic E-state index is 13.1. The number of ether oxygens (including phenoxy) is 2. The van der Waals surface area contributed by atoms with Gasteiger partial charge >= 0.3 is 0 Å². The second kappa shape index (κ2) is 10.6. The van der Waals surface area contributed by atoms with Crippen molar-refractivity contribution in [2.24, 2.45) is 0 Å². The smallest absolute Gasteiger partial charge is 0.224 e. The highest BCUT2D eigenvalue weighted by molar-refractivity contribution is 5.76. The summed E-state index contributed by atoms with van der Waals surface area (Å²) in [7, 11) is 0. The lowest BCUT2D eigenvalue weighted by Crippen LogP contribution is -2.34. The van der Waals surface area contributed by atoms with Crippen molar-refractivity contribution in [3.63, 3.8) is 0 Å². The summed E-state index contributed by atoms with van der Waals surface area (Å²) in [6.07, 6.45) is 1.16. The van der Waals surface area contributed by atoms with Crippen LogP contribution in [0.15, 0.2) is 42.5 Å². The van der Waals surface area contributed by atoms with Crippen molar-refractivity contribution in [1.29, 1.82) is 0 Å². The summed E-state index contributed by atoms with van der Waals surface area (Å²) in [5, 5.41) is 4.37. The monoisotopic (exact) mass is 448 g/mol. The van der Waals surface area contributed by atoms with E-state index in [0.717, 1.165) is 34.9 Å². The lowest BCUT2D eigenvalue weighted by molar-refractivity contribution is -0.133. The van der Waals surface area contributed by atoms with E-state index in [2.05, 4.69) is 53.4 Å². The van der Waals surface area contributed by atoms with Crippen molar-refractivity contribution in [1.82, 2.24) is 19.7 Å². The van der Waals surface area contributed by atoms with Crippen LogP contribution in [0.4, 0.5) is 0 Å². The maximum Gasteiger partial charge on any atom is 0.224 e. The molecule has 174 valence electrons. The van der Waals surface area contributed by atoms with Crippen LogP contribution in [0.5, 0.6) is 5.75 Å². The Kier molecular flexibility index (Phi) is 7.40. The molecule has 33 heavy (non-hydrogen) atoms. The van der Waals surface area contributed by atoms with Crippen LogP contribution in [0.1, 0.15) is 40.3 Å². The number of nitrogens with zero attached hydrogens (tertiary/aromatic N) is 4. The molecule has 0 unspecified atom stereocenters. The molecule has 2 heterocycles. The van der Waals surface area contributed by atoms with Crippen molar-refractivity contribution in [3.8, 4) is 5.75 Å². The predicted molar refractivity (Wildman–Crippen MR) is 126 cm³/mol. The molecule has 4 rings (SSSR count). The van der Waals surface area contributed by atoms with Crippen LogP contribution < -0.4 is 4.74 Å². The lowest BCUT2D eigenvalue weighted by atomic mass is 10.00. The molecule has 1 amide bonds. The third-order valence-corrected chi connectivity index (χ3v) is 5.82. The minimum absolute atomic E-state index is 0.0841. The van der Waals surface area contributed by atoms with Crippen molar-refractivity contribution in [2.45, 2.75) is 46.7 Å². The molecule has 0 aliphatic carbocycles. The molecule has 2 bridgehead atoms. The summed E-state index contributed by atoms with van der Waals surface area (Å²) < 4.78 is 13.6. The van der Waals surface area contributed by atoms with Gasteiger partial charge in [0.2, 0.25) is 5.91 Å². The average molecular weight is 449 g/mol. The molecule has 1 aliphatic heterocycles. The third-order valence-electron chi connectivity index (χ3n) is 5.82. The van der Waals surface area contributed by atoms with Crippen LogP contribution >= 0.6 is 0 Å². The minimum atomic E-state index is 0.0841. The molecule has 0 N–H and O–H groups in total. The fourth-order valence-corrected chi connectivity index (χ4v) is 4.18. The Bertz CT molecular complexity index is 1110. The first-order valence-corrected chi connectivity index (χ1v) is 11.5. The molecule has 0 atom stereocenters. The fraction of sp³-hybridized carbons (Fsp3) is 0.423. The number of fused-ring (bicyclic) bond motifs is 3. The van der Waals surface area contributed by atoms with E-state index in [1.165, 1.54) is 11.1 Å². The Labute approximate surface area is 195 Å². The summed E-state index contributed by atoms with van der Waals surface area (Å²) in [6.45, 7) is 8.91. The summed E-state index contributed by atoms with van der Waals surface area (Å²) in [5.41, 5.74) is 4.69. The van der Waals surface area contributed by atoms with Gasteiger partial charge in [0.25, 0.3) is 0 Å². The Morgan fingerprint density at radius 3 is 2.70 bits per heavy atom. The standard InChI is InChI=1S/C26H32N4O3/c1-19-7-8-25-24(15-19)17-22-5-4-6-23(16-22)18-29(11-12-32-13-14-33-25)26(31)9-10-30-21(3)27-20(2)28-30/h4-8,15-16H,9-14,17-18H2,1-3H3. The van der Waals surface area contributed by atoms with Crippen LogP contribution in [-0.4, -0.2) is 51.9 Å². The highest BCUT2D eigenvalue weighted by Crippen LogP contribution is 2.24. The number of carbonyl (C=O) groups is 1. The number of benzene rings is 2. The third kappa shape index (κ3) is 6.20. The molecule has 0 radical (unpaired) electrons. The van der Waals surface area contributed by atoms with Gasteiger partial charge in [-0.25, -0.2) is 9.67 Å². The zero-order chi connectivity index (χ0) is 23.2. The normalized spacial score (nSPS) is 14.8. The summed E-state index contributed by atoms with van der Waals surface area (Å²) in [6, 6.07) is 14.8. The highest BCUT2D eigenvalue weighted by Gasteiger charge is 2.16. The van der Waals surface area contributed by atoms with Crippen LogP contribution in [0.3, 0.4) is 0 Å². The first-order valence-electron chi connectivity index (χ1n) is 11.5. The summed E-state index contributed by atoms with van der Waals surface area (Å²) >= 11 is 0. The number of amides is 1. The topological polar surface area (TPSA) is 69.5 Å². The first-order chi connectivity index (χ1) is 16.0. The molecule has 0 spiro atoms. The molecule has 2 aromatic carbocycles. The molecule has 7 heteroatoms. The van der Waals surface area contributed by atoms with E-state index in [1.54, 1.807) is 4.68 Å². The average Bonchev–Trinajstić information content (AvgIpc) is 3.11. The molecule has 1 aromatic heterocycles. The second-order valence-corrected chi connectivity index (χ2v) is 8.56. The molecule has 0 saturated carbocycles. The van der Waals surface area contributed by atoms with Gasteiger partial charge in [-0.2, -0.15) is 5.10 Å². The van der Waals surface area contributed by atoms with Gasteiger partial charge in [0.15, 0.2) is 0 Å². The Morgan fingerprint density at radius 1 is 1.03 bits per heavy atom. The molecular formula is C26H32N4O3. The number of aromatic nitrogens is 3. The van der Waals surface area contributed by atoms with E-state index in [4.69, 9.17) is 9.47 Å². The van der Waals surface area contributed by atoms with Gasteiger partial charge in [0.05, 0.1) is 19.8 Å². The van der Waals surface area contributed by atoms with E-state index in [9.17, 15) is 4.79 Å². The van der Waals surface area contributed by atoms with E-state index in [-0.39, 0.29) is 5.91 Å². The lowest BCUT2D eigenvalue weighted by Gasteiger charge is -2.24. The Hall–Kier alpha value is -3.19. The molecule has 0 saturated heterocycles. The quantitative estimate of drug-likeness (QED) is 0.612. The van der Waals surface area contributed by atoms with Gasteiger partial charge in [-0.15, -0.1) is 0 Å².